The molecule has 5 unspecified atom stereocenters. The standard InChI is InChI=1S/C13H20O2/c1-8-10-7-9-5-4-6-12(8,2)11(9)13(10,14)15-3/h9-11,14H,1,4-7H2,2-3H3. The average molecular weight is 208 g/mol. The van der Waals surface area contributed by atoms with Crippen LogP contribution in [0.15, 0.2) is 12.2 Å². The van der Waals surface area contributed by atoms with E-state index in [2.05, 4.69) is 13.5 Å². The third-order valence-corrected chi connectivity index (χ3v) is 5.39. The maximum Gasteiger partial charge on any atom is 0.175 e. The van der Waals surface area contributed by atoms with Crippen molar-refractivity contribution in [3.63, 3.8) is 0 Å². The second-order valence-corrected chi connectivity index (χ2v) is 5.82. The Morgan fingerprint density at radius 1 is 1.53 bits per heavy atom. The molecule has 3 fully saturated rings. The Bertz CT molecular complexity index is 324. The van der Waals surface area contributed by atoms with Gasteiger partial charge in [0.2, 0.25) is 0 Å². The van der Waals surface area contributed by atoms with Crippen LogP contribution in [0.5, 0.6) is 0 Å². The molecule has 0 saturated heterocycles. The Morgan fingerprint density at radius 2 is 2.27 bits per heavy atom. The van der Waals surface area contributed by atoms with Gasteiger partial charge in [0, 0.05) is 18.9 Å². The quantitative estimate of drug-likeness (QED) is 0.529. The van der Waals surface area contributed by atoms with E-state index in [1.807, 2.05) is 0 Å². The zero-order valence-electron chi connectivity index (χ0n) is 9.62. The monoisotopic (exact) mass is 208 g/mol. The number of hydrogen-bond donors (Lipinski definition) is 1. The average Bonchev–Trinajstić information content (AvgIpc) is 2.59. The minimum absolute atomic E-state index is 0.136. The molecule has 5 atom stereocenters. The van der Waals surface area contributed by atoms with Crippen LogP contribution in [0.2, 0.25) is 0 Å². The summed E-state index contributed by atoms with van der Waals surface area (Å²) in [5.41, 5.74) is 1.38. The van der Waals surface area contributed by atoms with Gasteiger partial charge in [-0.2, -0.15) is 0 Å². The Morgan fingerprint density at radius 3 is 2.87 bits per heavy atom. The van der Waals surface area contributed by atoms with E-state index < -0.39 is 5.79 Å². The predicted molar refractivity (Wildman–Crippen MR) is 58.1 cm³/mol. The number of hydrogen-bond acceptors (Lipinski definition) is 2. The van der Waals surface area contributed by atoms with Gasteiger partial charge in [0.1, 0.15) is 0 Å². The number of methoxy groups -OCH3 is 1. The fourth-order valence-corrected chi connectivity index (χ4v) is 4.73. The second-order valence-electron chi connectivity index (χ2n) is 5.82. The Balaban J connectivity index is 2.11. The molecule has 0 radical (unpaired) electrons. The van der Waals surface area contributed by atoms with Gasteiger partial charge in [-0.25, -0.2) is 0 Å². The summed E-state index contributed by atoms with van der Waals surface area (Å²) in [5, 5.41) is 10.7. The molecule has 15 heavy (non-hydrogen) atoms. The lowest BCUT2D eigenvalue weighted by atomic mass is 9.60. The Kier molecular flexibility index (Phi) is 1.75. The van der Waals surface area contributed by atoms with Crippen molar-refractivity contribution in [1.29, 1.82) is 0 Å². The molecule has 3 saturated carbocycles. The van der Waals surface area contributed by atoms with Crippen LogP contribution < -0.4 is 0 Å². The van der Waals surface area contributed by atoms with E-state index in [9.17, 15) is 5.11 Å². The topological polar surface area (TPSA) is 29.5 Å². The van der Waals surface area contributed by atoms with Crippen molar-refractivity contribution in [2.75, 3.05) is 7.11 Å². The smallest absolute Gasteiger partial charge is 0.175 e. The third kappa shape index (κ3) is 0.891. The summed E-state index contributed by atoms with van der Waals surface area (Å²) in [7, 11) is 1.64. The van der Waals surface area contributed by atoms with E-state index in [1.54, 1.807) is 7.11 Å². The molecular weight excluding hydrogens is 188 g/mol. The Labute approximate surface area is 91.3 Å². The summed E-state index contributed by atoms with van der Waals surface area (Å²) in [5.74, 6) is 0.227. The molecule has 84 valence electrons. The van der Waals surface area contributed by atoms with Gasteiger partial charge < -0.3 is 9.84 Å². The van der Waals surface area contributed by atoms with Crippen molar-refractivity contribution >= 4 is 0 Å². The van der Waals surface area contributed by atoms with Gasteiger partial charge in [-0.1, -0.05) is 25.5 Å². The summed E-state index contributed by atoms with van der Waals surface area (Å²) in [4.78, 5) is 0. The number of rotatable bonds is 1. The fourth-order valence-electron chi connectivity index (χ4n) is 4.73. The molecule has 2 nitrogen and oxygen atoms in total. The van der Waals surface area contributed by atoms with Crippen molar-refractivity contribution in [3.8, 4) is 0 Å². The summed E-state index contributed by atoms with van der Waals surface area (Å²) in [6, 6.07) is 0. The molecule has 1 N–H and O–H groups in total. The van der Waals surface area contributed by atoms with Crippen molar-refractivity contribution in [2.45, 2.75) is 38.4 Å². The van der Waals surface area contributed by atoms with Gasteiger partial charge in [-0.3, -0.25) is 0 Å². The Hall–Kier alpha value is -0.340. The van der Waals surface area contributed by atoms with Crippen LogP contribution in [0, 0.1) is 23.2 Å². The fraction of sp³-hybridized carbons (Fsp3) is 0.846. The molecule has 0 aliphatic heterocycles. The lowest BCUT2D eigenvalue weighted by Crippen LogP contribution is -2.44. The highest BCUT2D eigenvalue weighted by atomic mass is 16.6. The van der Waals surface area contributed by atoms with Crippen LogP contribution in [-0.4, -0.2) is 18.0 Å². The highest BCUT2D eigenvalue weighted by Gasteiger charge is 2.70. The normalized spacial score (nSPS) is 57.5. The SMILES string of the molecule is C=C1C2CC3CCCC1(C)C3C2(O)OC. The minimum atomic E-state index is -0.906. The number of aliphatic hydroxyl groups is 1. The van der Waals surface area contributed by atoms with Crippen molar-refractivity contribution in [1.82, 2.24) is 0 Å². The first-order valence-electron chi connectivity index (χ1n) is 6.01. The molecule has 2 heteroatoms. The zero-order valence-corrected chi connectivity index (χ0v) is 9.62. The lowest BCUT2D eigenvalue weighted by Gasteiger charge is -2.45. The molecule has 3 aliphatic rings. The van der Waals surface area contributed by atoms with E-state index in [4.69, 9.17) is 4.74 Å². The largest absolute Gasteiger partial charge is 0.365 e. The highest BCUT2D eigenvalue weighted by Crippen LogP contribution is 2.70. The first-order chi connectivity index (χ1) is 7.04. The molecule has 0 spiro atoms. The van der Waals surface area contributed by atoms with Crippen molar-refractivity contribution in [2.24, 2.45) is 23.2 Å². The van der Waals surface area contributed by atoms with Gasteiger partial charge in [0.15, 0.2) is 5.79 Å². The molecule has 0 aromatic rings. The minimum Gasteiger partial charge on any atom is -0.365 e. The molecule has 0 heterocycles. The van der Waals surface area contributed by atoms with E-state index in [0.29, 0.717) is 11.8 Å². The van der Waals surface area contributed by atoms with Gasteiger partial charge in [0.05, 0.1) is 0 Å². The molecule has 3 aliphatic carbocycles. The van der Waals surface area contributed by atoms with Crippen LogP contribution in [0.1, 0.15) is 32.6 Å². The molecule has 0 aromatic carbocycles. The summed E-state index contributed by atoms with van der Waals surface area (Å²) >= 11 is 0. The van der Waals surface area contributed by atoms with E-state index in [-0.39, 0.29) is 11.3 Å². The maximum atomic E-state index is 10.7. The third-order valence-electron chi connectivity index (χ3n) is 5.39. The van der Waals surface area contributed by atoms with Gasteiger partial charge in [-0.05, 0) is 30.6 Å². The summed E-state index contributed by atoms with van der Waals surface area (Å²) in [6.45, 7) is 6.51. The first kappa shape index (κ1) is 9.86. The zero-order chi connectivity index (χ0) is 10.8. The van der Waals surface area contributed by atoms with E-state index in [0.717, 1.165) is 6.42 Å². The van der Waals surface area contributed by atoms with Crippen LogP contribution in [0.4, 0.5) is 0 Å². The number of fused-ring (bicyclic) bond motifs is 1. The van der Waals surface area contributed by atoms with Crippen LogP contribution in [0.3, 0.4) is 0 Å². The second kappa shape index (κ2) is 2.67. The van der Waals surface area contributed by atoms with Gasteiger partial charge in [-0.15, -0.1) is 0 Å². The molecule has 0 aromatic heterocycles. The van der Waals surface area contributed by atoms with Gasteiger partial charge >= 0.3 is 0 Å². The van der Waals surface area contributed by atoms with Crippen molar-refractivity contribution in [3.05, 3.63) is 12.2 Å². The molecule has 3 rings (SSSR count). The molecular formula is C13H20O2. The maximum absolute atomic E-state index is 10.7. The summed E-state index contributed by atoms with van der Waals surface area (Å²) in [6.07, 6.45) is 4.80. The number of ether oxygens (including phenoxy) is 1. The highest BCUT2D eigenvalue weighted by molar-refractivity contribution is 5.32. The van der Waals surface area contributed by atoms with Crippen LogP contribution in [0.25, 0.3) is 0 Å². The van der Waals surface area contributed by atoms with E-state index in [1.165, 1.54) is 24.8 Å². The van der Waals surface area contributed by atoms with Crippen LogP contribution >= 0.6 is 0 Å². The van der Waals surface area contributed by atoms with Crippen molar-refractivity contribution < 1.29 is 9.84 Å². The predicted octanol–water partition coefficient (Wildman–Crippen LogP) is 2.33. The van der Waals surface area contributed by atoms with E-state index >= 15 is 0 Å². The molecule has 0 amide bonds. The molecule has 2 bridgehead atoms. The van der Waals surface area contributed by atoms with Gasteiger partial charge in [0.25, 0.3) is 0 Å². The van der Waals surface area contributed by atoms with Crippen LogP contribution in [-0.2, 0) is 4.74 Å². The summed E-state index contributed by atoms with van der Waals surface area (Å²) < 4.78 is 5.45. The lowest BCUT2D eigenvalue weighted by molar-refractivity contribution is -0.228. The first-order valence-corrected chi connectivity index (χ1v) is 6.01.